The number of piperazine rings is 1. The maximum absolute atomic E-state index is 13.3. The van der Waals surface area contributed by atoms with Crippen molar-refractivity contribution < 1.29 is 18.0 Å². The van der Waals surface area contributed by atoms with E-state index in [4.69, 9.17) is 11.6 Å². The summed E-state index contributed by atoms with van der Waals surface area (Å²) in [6, 6.07) is 8.65. The van der Waals surface area contributed by atoms with Gasteiger partial charge in [-0.1, -0.05) is 23.7 Å². The predicted octanol–water partition coefficient (Wildman–Crippen LogP) is 3.06. The lowest BCUT2D eigenvalue weighted by atomic mass is 10.1. The number of hydrogen-bond acceptors (Lipinski definition) is 9. The summed E-state index contributed by atoms with van der Waals surface area (Å²) in [5.41, 5.74) is 3.85. The zero-order valence-electron chi connectivity index (χ0n) is 23.2. The fourth-order valence-corrected chi connectivity index (χ4v) is 5.54. The summed E-state index contributed by atoms with van der Waals surface area (Å²) in [6.45, 7) is 6.80. The molecule has 0 unspecified atom stereocenters. The van der Waals surface area contributed by atoms with Crippen LogP contribution in [0.1, 0.15) is 34.8 Å². The zero-order chi connectivity index (χ0) is 30.3. The van der Waals surface area contributed by atoms with Crippen LogP contribution in [0, 0.1) is 13.8 Å². The van der Waals surface area contributed by atoms with Gasteiger partial charge in [-0.2, -0.15) is 28.0 Å². The number of nitrogens with one attached hydrogen (secondary N) is 1. The molecule has 224 valence electrons. The molecule has 1 N–H and O–H groups in total. The molecule has 17 heteroatoms. The standard InChI is InChI=1S/C26H26ClF3N12O/c1-15-18(16(2)41(35-15)21-8-7-20-31-34-25(26(28,29)30)42(20)36-21)6-9-22(43)40-12-10-39(11-13-40)14-17-4-3-5-19(23(17)27)24-32-37-38-33-24/h3-5,7-8H,6,9-14H2,1-2H3,(H,32,33,37,38). The normalized spacial score (nSPS) is 14.6. The van der Waals surface area contributed by atoms with Gasteiger partial charge >= 0.3 is 6.18 Å². The first-order chi connectivity index (χ1) is 20.6. The molecule has 1 amide bonds. The minimum absolute atomic E-state index is 0.0241. The van der Waals surface area contributed by atoms with Crippen LogP contribution in [-0.4, -0.2) is 92.1 Å². The van der Waals surface area contributed by atoms with Crippen molar-refractivity contribution in [2.45, 2.75) is 39.4 Å². The number of benzene rings is 1. The highest BCUT2D eigenvalue weighted by molar-refractivity contribution is 6.34. The van der Waals surface area contributed by atoms with Gasteiger partial charge in [0.2, 0.25) is 11.7 Å². The molecule has 0 bridgehead atoms. The number of halogens is 4. The Balaban J connectivity index is 1.07. The molecule has 1 aliphatic rings. The van der Waals surface area contributed by atoms with Gasteiger partial charge in [0.05, 0.1) is 10.7 Å². The number of hydrogen-bond donors (Lipinski definition) is 1. The number of carbonyl (C=O) groups excluding carboxylic acids is 1. The first kappa shape index (κ1) is 28.7. The number of aromatic nitrogens is 10. The first-order valence-corrected chi connectivity index (χ1v) is 13.8. The highest BCUT2D eigenvalue weighted by Crippen LogP contribution is 2.30. The van der Waals surface area contributed by atoms with E-state index in [-0.39, 0.29) is 23.8 Å². The van der Waals surface area contributed by atoms with Gasteiger partial charge < -0.3 is 4.90 Å². The highest BCUT2D eigenvalue weighted by atomic mass is 35.5. The van der Waals surface area contributed by atoms with E-state index in [2.05, 4.69) is 45.9 Å². The van der Waals surface area contributed by atoms with Gasteiger partial charge in [-0.25, -0.2) is 4.68 Å². The van der Waals surface area contributed by atoms with E-state index in [0.717, 1.165) is 11.1 Å². The van der Waals surface area contributed by atoms with E-state index in [1.807, 2.05) is 23.1 Å². The van der Waals surface area contributed by atoms with Gasteiger partial charge in [-0.3, -0.25) is 9.69 Å². The second-order valence-electron chi connectivity index (χ2n) is 10.2. The van der Waals surface area contributed by atoms with Gasteiger partial charge in [-0.05, 0) is 54.8 Å². The monoisotopic (exact) mass is 614 g/mol. The molecule has 5 heterocycles. The molecule has 1 aromatic carbocycles. The lowest BCUT2D eigenvalue weighted by Crippen LogP contribution is -2.48. The SMILES string of the molecule is Cc1nn(-c2ccc3nnc(C(F)(F)F)n3n2)c(C)c1CCC(=O)N1CCN(Cc2cccc(-c3nn[nH]n3)c2Cl)CC1. The zero-order valence-corrected chi connectivity index (χ0v) is 23.9. The summed E-state index contributed by atoms with van der Waals surface area (Å²) >= 11 is 6.63. The van der Waals surface area contributed by atoms with Gasteiger partial charge in [0, 0.05) is 50.4 Å². The Morgan fingerprint density at radius 1 is 1.02 bits per heavy atom. The number of H-pyrrole nitrogens is 1. The van der Waals surface area contributed by atoms with Gasteiger partial charge in [0.25, 0.3) is 5.82 Å². The molecule has 0 spiro atoms. The van der Waals surface area contributed by atoms with Crippen LogP contribution in [0.3, 0.4) is 0 Å². The van der Waals surface area contributed by atoms with Crippen molar-refractivity contribution in [2.24, 2.45) is 0 Å². The largest absolute Gasteiger partial charge is 0.453 e. The second-order valence-corrected chi connectivity index (χ2v) is 10.6. The maximum atomic E-state index is 13.3. The topological polar surface area (TPSA) is 139 Å². The summed E-state index contributed by atoms with van der Waals surface area (Å²) in [7, 11) is 0. The van der Waals surface area contributed by atoms with E-state index in [0.29, 0.717) is 71.5 Å². The van der Waals surface area contributed by atoms with Crippen LogP contribution >= 0.6 is 11.6 Å². The Hall–Kier alpha value is -4.44. The number of amides is 1. The van der Waals surface area contributed by atoms with E-state index in [1.165, 1.54) is 16.8 Å². The number of fused-ring (bicyclic) bond motifs is 1. The number of aryl methyl sites for hydroxylation is 1. The molecule has 0 radical (unpaired) electrons. The second kappa shape index (κ2) is 11.3. The van der Waals surface area contributed by atoms with E-state index >= 15 is 0 Å². The lowest BCUT2D eigenvalue weighted by Gasteiger charge is -2.35. The van der Waals surface area contributed by atoms with E-state index in [9.17, 15) is 18.0 Å². The molecule has 6 rings (SSSR count). The summed E-state index contributed by atoms with van der Waals surface area (Å²) in [4.78, 5) is 17.2. The molecule has 13 nitrogen and oxygen atoms in total. The van der Waals surface area contributed by atoms with E-state index in [1.54, 1.807) is 13.8 Å². The van der Waals surface area contributed by atoms with Crippen molar-refractivity contribution in [3.63, 3.8) is 0 Å². The summed E-state index contributed by atoms with van der Waals surface area (Å²) in [5.74, 6) is -0.559. The molecular weight excluding hydrogens is 589 g/mol. The van der Waals surface area contributed by atoms with Crippen molar-refractivity contribution in [3.8, 4) is 17.2 Å². The lowest BCUT2D eigenvalue weighted by molar-refractivity contribution is -0.146. The van der Waals surface area contributed by atoms with Crippen LogP contribution in [0.4, 0.5) is 13.2 Å². The average molecular weight is 615 g/mol. The third-order valence-electron chi connectivity index (χ3n) is 7.53. The van der Waals surface area contributed by atoms with Crippen LogP contribution in [0.25, 0.3) is 22.9 Å². The van der Waals surface area contributed by atoms with Gasteiger partial charge in [0.1, 0.15) is 0 Å². The Bertz CT molecular complexity index is 1770. The number of nitrogens with zero attached hydrogens (tertiary/aromatic N) is 11. The van der Waals surface area contributed by atoms with Gasteiger partial charge in [-0.15, -0.1) is 25.5 Å². The highest BCUT2D eigenvalue weighted by Gasteiger charge is 2.38. The number of aromatic amines is 1. The number of tetrazole rings is 1. The molecule has 0 atom stereocenters. The number of rotatable bonds is 7. The molecule has 0 aliphatic carbocycles. The van der Waals surface area contributed by atoms with Crippen LogP contribution in [-0.2, 0) is 23.9 Å². The van der Waals surface area contributed by atoms with Gasteiger partial charge in [0.15, 0.2) is 11.5 Å². The van der Waals surface area contributed by atoms with Crippen LogP contribution in [0.5, 0.6) is 0 Å². The smallest absolute Gasteiger partial charge is 0.340 e. The molecule has 1 fully saturated rings. The van der Waals surface area contributed by atoms with Crippen molar-refractivity contribution in [2.75, 3.05) is 26.2 Å². The van der Waals surface area contributed by atoms with Crippen LogP contribution in [0.2, 0.25) is 5.02 Å². The third kappa shape index (κ3) is 5.67. The maximum Gasteiger partial charge on any atom is 0.453 e. The van der Waals surface area contributed by atoms with Crippen molar-refractivity contribution in [3.05, 3.63) is 63.7 Å². The first-order valence-electron chi connectivity index (χ1n) is 13.5. The van der Waals surface area contributed by atoms with Crippen molar-refractivity contribution >= 4 is 23.2 Å². The minimum Gasteiger partial charge on any atom is -0.340 e. The fourth-order valence-electron chi connectivity index (χ4n) is 5.27. The Morgan fingerprint density at radius 2 is 1.81 bits per heavy atom. The molecule has 1 aliphatic heterocycles. The third-order valence-corrected chi connectivity index (χ3v) is 7.98. The minimum atomic E-state index is -4.70. The van der Waals surface area contributed by atoms with Crippen molar-refractivity contribution in [1.82, 2.24) is 60.0 Å². The number of carbonyl (C=O) groups is 1. The average Bonchev–Trinajstić information content (AvgIpc) is 3.72. The Labute approximate surface area is 247 Å². The molecular formula is C26H26ClF3N12O. The molecule has 43 heavy (non-hydrogen) atoms. The summed E-state index contributed by atoms with van der Waals surface area (Å²) < 4.78 is 42.1. The number of alkyl halides is 3. The van der Waals surface area contributed by atoms with Crippen LogP contribution in [0.15, 0.2) is 30.3 Å². The van der Waals surface area contributed by atoms with Crippen LogP contribution < -0.4 is 0 Å². The molecule has 1 saturated heterocycles. The van der Waals surface area contributed by atoms with Crippen molar-refractivity contribution in [1.29, 1.82) is 0 Å². The predicted molar refractivity (Wildman–Crippen MR) is 147 cm³/mol. The quantitative estimate of drug-likeness (QED) is 0.293. The molecule has 4 aromatic heterocycles. The Morgan fingerprint density at radius 3 is 2.53 bits per heavy atom. The summed E-state index contributed by atoms with van der Waals surface area (Å²) in [5, 5.41) is 30.0. The fraction of sp³-hybridized carbons (Fsp3) is 0.385. The molecule has 0 saturated carbocycles. The Kier molecular flexibility index (Phi) is 7.56. The summed E-state index contributed by atoms with van der Waals surface area (Å²) in [6.07, 6.45) is -3.98. The molecule has 5 aromatic rings. The van der Waals surface area contributed by atoms with E-state index < -0.39 is 12.0 Å².